The van der Waals surface area contributed by atoms with Gasteiger partial charge in [0.2, 0.25) is 5.91 Å². The molecule has 0 aliphatic heterocycles. The molecule has 27 heavy (non-hydrogen) atoms. The van der Waals surface area contributed by atoms with Crippen molar-refractivity contribution in [2.24, 2.45) is 0 Å². The molecular weight excluding hydrogens is 380 g/mol. The van der Waals surface area contributed by atoms with Crippen molar-refractivity contribution in [1.82, 2.24) is 5.32 Å². The van der Waals surface area contributed by atoms with E-state index in [2.05, 4.69) is 5.32 Å². The molecule has 1 heterocycles. The molecule has 2 aromatic carbocycles. The summed E-state index contributed by atoms with van der Waals surface area (Å²) in [6.07, 6.45) is 0. The third kappa shape index (κ3) is 4.75. The SMILES string of the molecule is Cc1ccc(N(CC(=O)NCc2cccs2)S(=O)(=O)c2ccccc2)cc1. The standard InChI is InChI=1S/C20H20N2O3S2/c1-16-9-11-17(12-10-16)22(27(24,25)19-7-3-2-4-8-19)15-20(23)21-14-18-6-5-13-26-18/h2-13H,14-15H2,1H3,(H,21,23). The molecule has 0 spiro atoms. The van der Waals surface area contributed by atoms with Crippen molar-refractivity contribution in [3.63, 3.8) is 0 Å². The van der Waals surface area contributed by atoms with E-state index < -0.39 is 10.0 Å². The van der Waals surface area contributed by atoms with Crippen LogP contribution >= 0.6 is 11.3 Å². The molecule has 1 N–H and O–H groups in total. The van der Waals surface area contributed by atoms with Gasteiger partial charge in [0.05, 0.1) is 17.1 Å². The third-order valence-corrected chi connectivity index (χ3v) is 6.64. The van der Waals surface area contributed by atoms with Gasteiger partial charge in [-0.3, -0.25) is 9.10 Å². The van der Waals surface area contributed by atoms with E-state index in [1.807, 2.05) is 36.6 Å². The number of nitrogens with one attached hydrogen (secondary N) is 1. The number of amides is 1. The lowest BCUT2D eigenvalue weighted by molar-refractivity contribution is -0.119. The van der Waals surface area contributed by atoms with Crippen molar-refractivity contribution < 1.29 is 13.2 Å². The highest BCUT2D eigenvalue weighted by molar-refractivity contribution is 7.92. The minimum atomic E-state index is -3.86. The molecular formula is C20H20N2O3S2. The summed E-state index contributed by atoms with van der Waals surface area (Å²) in [7, 11) is -3.86. The van der Waals surface area contributed by atoms with Crippen LogP contribution < -0.4 is 9.62 Å². The molecule has 0 saturated heterocycles. The van der Waals surface area contributed by atoms with E-state index in [1.54, 1.807) is 30.3 Å². The highest BCUT2D eigenvalue weighted by atomic mass is 32.2. The molecule has 0 bridgehead atoms. The van der Waals surface area contributed by atoms with Crippen LogP contribution in [0.1, 0.15) is 10.4 Å². The number of benzene rings is 2. The average Bonchev–Trinajstić information content (AvgIpc) is 3.19. The van der Waals surface area contributed by atoms with Gasteiger partial charge in [0.1, 0.15) is 6.54 Å². The molecule has 3 aromatic rings. The second kappa shape index (κ2) is 8.37. The zero-order valence-electron chi connectivity index (χ0n) is 14.8. The number of aryl methyl sites for hydroxylation is 1. The fraction of sp³-hybridized carbons (Fsp3) is 0.150. The number of hydrogen-bond acceptors (Lipinski definition) is 4. The van der Waals surface area contributed by atoms with Crippen molar-refractivity contribution >= 4 is 33.0 Å². The molecule has 0 aliphatic rings. The predicted molar refractivity (Wildman–Crippen MR) is 108 cm³/mol. The van der Waals surface area contributed by atoms with Gasteiger partial charge in [0, 0.05) is 4.88 Å². The maximum Gasteiger partial charge on any atom is 0.264 e. The number of nitrogens with zero attached hydrogens (tertiary/aromatic N) is 1. The van der Waals surface area contributed by atoms with Crippen molar-refractivity contribution in [2.75, 3.05) is 10.8 Å². The number of rotatable bonds is 7. The highest BCUT2D eigenvalue weighted by Gasteiger charge is 2.26. The molecule has 5 nitrogen and oxygen atoms in total. The average molecular weight is 401 g/mol. The first-order chi connectivity index (χ1) is 13.0. The van der Waals surface area contributed by atoms with Crippen LogP contribution in [0.4, 0.5) is 5.69 Å². The predicted octanol–water partition coefficient (Wildman–Crippen LogP) is 3.57. The number of sulfonamides is 1. The molecule has 0 saturated carbocycles. The fourth-order valence-corrected chi connectivity index (χ4v) is 4.62. The molecule has 0 atom stereocenters. The molecule has 1 amide bonds. The van der Waals surface area contributed by atoms with Crippen LogP contribution in [-0.4, -0.2) is 20.9 Å². The van der Waals surface area contributed by atoms with Gasteiger partial charge in [0.25, 0.3) is 10.0 Å². The summed E-state index contributed by atoms with van der Waals surface area (Å²) < 4.78 is 27.4. The zero-order chi connectivity index (χ0) is 19.3. The van der Waals surface area contributed by atoms with Gasteiger partial charge >= 0.3 is 0 Å². The van der Waals surface area contributed by atoms with E-state index >= 15 is 0 Å². The first kappa shape index (κ1) is 19.1. The second-order valence-corrected chi connectivity index (χ2v) is 8.91. The third-order valence-electron chi connectivity index (χ3n) is 3.98. The van der Waals surface area contributed by atoms with E-state index in [-0.39, 0.29) is 17.3 Å². The van der Waals surface area contributed by atoms with Gasteiger partial charge in [-0.2, -0.15) is 0 Å². The molecule has 140 valence electrons. The summed E-state index contributed by atoms with van der Waals surface area (Å²) in [5.74, 6) is -0.358. The van der Waals surface area contributed by atoms with Gasteiger partial charge in [-0.25, -0.2) is 8.42 Å². The maximum atomic E-state index is 13.1. The number of carbonyl (C=O) groups is 1. The Hall–Kier alpha value is -2.64. The van der Waals surface area contributed by atoms with Crippen molar-refractivity contribution in [1.29, 1.82) is 0 Å². The van der Waals surface area contributed by atoms with Crippen LogP contribution in [0.25, 0.3) is 0 Å². The quantitative estimate of drug-likeness (QED) is 0.659. The van der Waals surface area contributed by atoms with E-state index in [4.69, 9.17) is 0 Å². The Balaban J connectivity index is 1.86. The molecule has 3 rings (SSSR count). The zero-order valence-corrected chi connectivity index (χ0v) is 16.5. The number of carbonyl (C=O) groups excluding carboxylic acids is 1. The van der Waals surface area contributed by atoms with Gasteiger partial charge in [-0.1, -0.05) is 42.0 Å². The summed E-state index contributed by atoms with van der Waals surface area (Å²) in [6, 6.07) is 19.0. The number of hydrogen-bond donors (Lipinski definition) is 1. The van der Waals surface area contributed by atoms with Crippen LogP contribution in [-0.2, 0) is 21.4 Å². The normalized spacial score (nSPS) is 11.1. The molecule has 0 fully saturated rings. The Kier molecular flexibility index (Phi) is 5.93. The van der Waals surface area contributed by atoms with Crippen LogP contribution in [0.5, 0.6) is 0 Å². The summed E-state index contributed by atoms with van der Waals surface area (Å²) >= 11 is 1.54. The first-order valence-corrected chi connectivity index (χ1v) is 10.7. The van der Waals surface area contributed by atoms with E-state index in [0.29, 0.717) is 12.2 Å². The van der Waals surface area contributed by atoms with Gasteiger partial charge in [0.15, 0.2) is 0 Å². The van der Waals surface area contributed by atoms with E-state index in [9.17, 15) is 13.2 Å². The smallest absolute Gasteiger partial charge is 0.264 e. The highest BCUT2D eigenvalue weighted by Crippen LogP contribution is 2.23. The van der Waals surface area contributed by atoms with Crippen LogP contribution in [0.2, 0.25) is 0 Å². The Morgan fingerprint density at radius 2 is 1.70 bits per heavy atom. The molecule has 7 heteroatoms. The summed E-state index contributed by atoms with van der Waals surface area (Å²) in [4.78, 5) is 13.6. The Morgan fingerprint density at radius 3 is 2.33 bits per heavy atom. The summed E-state index contributed by atoms with van der Waals surface area (Å²) in [6.45, 7) is 2.02. The Bertz CT molecular complexity index is 983. The number of thiophene rings is 1. The molecule has 0 radical (unpaired) electrons. The summed E-state index contributed by atoms with van der Waals surface area (Å²) in [5, 5.41) is 4.72. The topological polar surface area (TPSA) is 66.5 Å². The molecule has 0 unspecified atom stereocenters. The lowest BCUT2D eigenvalue weighted by Crippen LogP contribution is -2.40. The Morgan fingerprint density at radius 1 is 1.00 bits per heavy atom. The second-order valence-electron chi connectivity index (χ2n) is 6.02. The fourth-order valence-electron chi connectivity index (χ4n) is 2.53. The Labute approximate surface area is 163 Å². The van der Waals surface area contributed by atoms with Crippen molar-refractivity contribution in [2.45, 2.75) is 18.4 Å². The van der Waals surface area contributed by atoms with E-state index in [0.717, 1.165) is 14.7 Å². The molecule has 1 aromatic heterocycles. The molecule has 0 aliphatic carbocycles. The monoisotopic (exact) mass is 400 g/mol. The van der Waals surface area contributed by atoms with Gasteiger partial charge in [-0.15, -0.1) is 11.3 Å². The lowest BCUT2D eigenvalue weighted by Gasteiger charge is -2.24. The minimum Gasteiger partial charge on any atom is -0.350 e. The van der Waals surface area contributed by atoms with Crippen molar-refractivity contribution in [3.8, 4) is 0 Å². The van der Waals surface area contributed by atoms with Crippen LogP contribution in [0.3, 0.4) is 0 Å². The van der Waals surface area contributed by atoms with E-state index in [1.165, 1.54) is 23.5 Å². The van der Waals surface area contributed by atoms with Gasteiger partial charge in [-0.05, 0) is 42.6 Å². The van der Waals surface area contributed by atoms with Crippen LogP contribution in [0.15, 0.2) is 77.0 Å². The van der Waals surface area contributed by atoms with Crippen LogP contribution in [0, 0.1) is 6.92 Å². The largest absolute Gasteiger partial charge is 0.350 e. The first-order valence-electron chi connectivity index (χ1n) is 8.40. The lowest BCUT2D eigenvalue weighted by atomic mass is 10.2. The van der Waals surface area contributed by atoms with Crippen molar-refractivity contribution in [3.05, 3.63) is 82.6 Å². The minimum absolute atomic E-state index is 0.150. The van der Waals surface area contributed by atoms with Gasteiger partial charge < -0.3 is 5.32 Å². The maximum absolute atomic E-state index is 13.1. The number of anilines is 1. The summed E-state index contributed by atoms with van der Waals surface area (Å²) in [5.41, 5.74) is 1.47.